The molecule has 21 heavy (non-hydrogen) atoms. The van der Waals surface area contributed by atoms with E-state index < -0.39 is 0 Å². The zero-order chi connectivity index (χ0) is 14.8. The minimum Gasteiger partial charge on any atom is -0.397 e. The number of hydrogen-bond acceptors (Lipinski definition) is 6. The number of thioether (sulfide) groups is 2. The van der Waals surface area contributed by atoms with Gasteiger partial charge in [0.15, 0.2) is 5.82 Å². The number of halogens is 1. The molecule has 1 aliphatic heterocycles. The predicted molar refractivity (Wildman–Crippen MR) is 93.6 cm³/mol. The van der Waals surface area contributed by atoms with Crippen LogP contribution in [0, 0.1) is 0 Å². The van der Waals surface area contributed by atoms with Gasteiger partial charge in [0.25, 0.3) is 5.89 Å². The van der Waals surface area contributed by atoms with E-state index in [4.69, 9.17) is 10.3 Å². The van der Waals surface area contributed by atoms with Crippen molar-refractivity contribution in [3.63, 3.8) is 0 Å². The third-order valence-electron chi connectivity index (χ3n) is 3.43. The Bertz CT molecular complexity index is 634. The van der Waals surface area contributed by atoms with Crippen LogP contribution in [0.2, 0.25) is 0 Å². The molecule has 2 N–H and O–H groups in total. The summed E-state index contributed by atoms with van der Waals surface area (Å²) in [5.41, 5.74) is 7.48. The molecule has 1 aliphatic rings. The summed E-state index contributed by atoms with van der Waals surface area (Å²) < 4.78 is 6.29. The van der Waals surface area contributed by atoms with E-state index in [2.05, 4.69) is 33.0 Å². The van der Waals surface area contributed by atoms with E-state index >= 15 is 0 Å². The molecule has 2 atom stereocenters. The Morgan fingerprint density at radius 1 is 1.38 bits per heavy atom. The number of benzene rings is 1. The number of nitrogens with zero attached hydrogens (tertiary/aromatic N) is 2. The number of para-hydroxylation sites is 1. The first-order chi connectivity index (χ1) is 10.2. The summed E-state index contributed by atoms with van der Waals surface area (Å²) in [7, 11) is 0. The van der Waals surface area contributed by atoms with Gasteiger partial charge in [0.05, 0.1) is 16.5 Å². The Labute approximate surface area is 140 Å². The Balaban J connectivity index is 1.91. The highest BCUT2D eigenvalue weighted by Crippen LogP contribution is 2.43. The smallest absolute Gasteiger partial charge is 0.260 e. The standard InChI is InChI=1S/C14H16BrN3OS2/c1-2-10-12(21-7-6-20-10)13-17-14(19-18-13)8-4-3-5-9(15)11(8)16/h3-5,10,12H,2,6-7,16H2,1H3. The van der Waals surface area contributed by atoms with Crippen molar-refractivity contribution in [2.24, 2.45) is 0 Å². The molecule has 0 amide bonds. The van der Waals surface area contributed by atoms with Crippen LogP contribution in [0.5, 0.6) is 0 Å². The molecular formula is C14H16BrN3OS2. The molecule has 0 spiro atoms. The third-order valence-corrected chi connectivity index (χ3v) is 7.37. The number of rotatable bonds is 3. The lowest BCUT2D eigenvalue weighted by Gasteiger charge is -2.27. The molecule has 0 aliphatic carbocycles. The highest BCUT2D eigenvalue weighted by Gasteiger charge is 2.30. The fourth-order valence-corrected chi connectivity index (χ4v) is 5.67. The summed E-state index contributed by atoms with van der Waals surface area (Å²) >= 11 is 7.35. The molecule has 0 bridgehead atoms. The zero-order valence-corrected chi connectivity index (χ0v) is 14.8. The molecule has 4 nitrogen and oxygen atoms in total. The summed E-state index contributed by atoms with van der Waals surface area (Å²) in [4.78, 5) is 4.59. The topological polar surface area (TPSA) is 64.9 Å². The summed E-state index contributed by atoms with van der Waals surface area (Å²) in [5, 5.41) is 5.05. The van der Waals surface area contributed by atoms with Crippen molar-refractivity contribution in [1.82, 2.24) is 10.1 Å². The van der Waals surface area contributed by atoms with E-state index in [-0.39, 0.29) is 0 Å². The van der Waals surface area contributed by atoms with E-state index in [1.54, 1.807) is 0 Å². The van der Waals surface area contributed by atoms with Crippen LogP contribution in [-0.4, -0.2) is 26.9 Å². The molecular weight excluding hydrogens is 370 g/mol. The van der Waals surface area contributed by atoms with E-state index in [1.165, 1.54) is 5.75 Å². The van der Waals surface area contributed by atoms with Crippen molar-refractivity contribution in [3.05, 3.63) is 28.5 Å². The molecule has 2 aromatic rings. The summed E-state index contributed by atoms with van der Waals surface area (Å²) in [6.45, 7) is 2.21. The highest BCUT2D eigenvalue weighted by molar-refractivity contribution is 9.10. The number of anilines is 1. The van der Waals surface area contributed by atoms with Crippen LogP contribution < -0.4 is 5.73 Å². The van der Waals surface area contributed by atoms with Crippen LogP contribution in [-0.2, 0) is 0 Å². The van der Waals surface area contributed by atoms with Crippen molar-refractivity contribution < 1.29 is 4.52 Å². The molecule has 112 valence electrons. The van der Waals surface area contributed by atoms with Gasteiger partial charge < -0.3 is 10.3 Å². The second kappa shape index (κ2) is 6.62. The Hall–Kier alpha value is -0.660. The van der Waals surface area contributed by atoms with Gasteiger partial charge in [-0.2, -0.15) is 16.7 Å². The molecule has 1 fully saturated rings. The molecule has 0 saturated carbocycles. The van der Waals surface area contributed by atoms with Crippen LogP contribution >= 0.6 is 39.5 Å². The van der Waals surface area contributed by atoms with E-state index in [9.17, 15) is 0 Å². The maximum atomic E-state index is 6.07. The van der Waals surface area contributed by atoms with Crippen molar-refractivity contribution in [2.45, 2.75) is 23.8 Å². The molecule has 2 heterocycles. The van der Waals surface area contributed by atoms with Gasteiger partial charge in [0.1, 0.15) is 0 Å². The molecule has 3 rings (SSSR count). The van der Waals surface area contributed by atoms with Gasteiger partial charge in [-0.25, -0.2) is 0 Å². The van der Waals surface area contributed by atoms with Crippen LogP contribution in [0.1, 0.15) is 24.4 Å². The van der Waals surface area contributed by atoms with Gasteiger partial charge in [-0.05, 0) is 34.5 Å². The maximum absolute atomic E-state index is 6.07. The Morgan fingerprint density at radius 2 is 2.19 bits per heavy atom. The summed E-state index contributed by atoms with van der Waals surface area (Å²) in [6, 6.07) is 5.72. The molecule has 7 heteroatoms. The van der Waals surface area contributed by atoms with Crippen molar-refractivity contribution in [2.75, 3.05) is 17.2 Å². The molecule has 0 radical (unpaired) electrons. The average molecular weight is 386 g/mol. The fourth-order valence-electron chi connectivity index (χ4n) is 2.33. The van der Waals surface area contributed by atoms with Crippen molar-refractivity contribution in [1.29, 1.82) is 0 Å². The first kappa shape index (κ1) is 15.2. The van der Waals surface area contributed by atoms with Crippen LogP contribution in [0.4, 0.5) is 5.69 Å². The first-order valence-electron chi connectivity index (χ1n) is 6.82. The van der Waals surface area contributed by atoms with Crippen molar-refractivity contribution in [3.8, 4) is 11.5 Å². The van der Waals surface area contributed by atoms with Gasteiger partial charge in [-0.3, -0.25) is 0 Å². The highest BCUT2D eigenvalue weighted by atomic mass is 79.9. The van der Waals surface area contributed by atoms with Gasteiger partial charge in [-0.15, -0.1) is 11.8 Å². The van der Waals surface area contributed by atoms with Crippen LogP contribution in [0.15, 0.2) is 27.2 Å². The lowest BCUT2D eigenvalue weighted by Crippen LogP contribution is -2.19. The van der Waals surface area contributed by atoms with Crippen LogP contribution in [0.25, 0.3) is 11.5 Å². The lowest BCUT2D eigenvalue weighted by molar-refractivity contribution is 0.421. The number of aromatic nitrogens is 2. The molecule has 1 aromatic carbocycles. The van der Waals surface area contributed by atoms with E-state index in [1.807, 2.05) is 41.7 Å². The Kier molecular flexibility index (Phi) is 4.81. The predicted octanol–water partition coefficient (Wildman–Crippen LogP) is 4.38. The van der Waals surface area contributed by atoms with Crippen LogP contribution in [0.3, 0.4) is 0 Å². The summed E-state index contributed by atoms with van der Waals surface area (Å²) in [5.74, 6) is 3.61. The second-order valence-corrected chi connectivity index (χ2v) is 8.22. The number of nitrogens with two attached hydrogens (primary N) is 1. The zero-order valence-electron chi connectivity index (χ0n) is 11.6. The Morgan fingerprint density at radius 3 is 3.00 bits per heavy atom. The van der Waals surface area contributed by atoms with Gasteiger partial charge in [0.2, 0.25) is 0 Å². The molecule has 1 saturated heterocycles. The fraction of sp³-hybridized carbons (Fsp3) is 0.429. The van der Waals surface area contributed by atoms with Crippen molar-refractivity contribution >= 4 is 45.1 Å². The quantitative estimate of drug-likeness (QED) is 0.790. The SMILES string of the molecule is CCC1SCCSC1c1noc(-c2cccc(Br)c2N)n1. The normalized spacial score (nSPS) is 22.4. The van der Waals surface area contributed by atoms with E-state index in [0.717, 1.165) is 28.0 Å². The minimum absolute atomic E-state index is 0.305. The third kappa shape index (κ3) is 3.10. The largest absolute Gasteiger partial charge is 0.397 e. The molecule has 1 aromatic heterocycles. The first-order valence-corrected chi connectivity index (χ1v) is 9.71. The van der Waals surface area contributed by atoms with Gasteiger partial charge >= 0.3 is 0 Å². The summed E-state index contributed by atoms with van der Waals surface area (Å²) in [6.07, 6.45) is 1.12. The molecule has 2 unspecified atom stereocenters. The maximum Gasteiger partial charge on any atom is 0.260 e. The van der Waals surface area contributed by atoms with Gasteiger partial charge in [0, 0.05) is 21.2 Å². The average Bonchev–Trinajstić information content (AvgIpc) is 2.99. The number of hydrogen-bond donors (Lipinski definition) is 1. The number of nitrogen functional groups attached to an aromatic ring is 1. The second-order valence-electron chi connectivity index (χ2n) is 4.77. The monoisotopic (exact) mass is 385 g/mol. The van der Waals surface area contributed by atoms with Gasteiger partial charge in [-0.1, -0.05) is 18.1 Å². The lowest BCUT2D eigenvalue weighted by atomic mass is 10.2. The minimum atomic E-state index is 0.305. The van der Waals surface area contributed by atoms with E-state index in [0.29, 0.717) is 22.1 Å².